The van der Waals surface area contributed by atoms with Gasteiger partial charge in [0.05, 0.1) is 6.04 Å². The minimum absolute atomic E-state index is 0.287. The minimum atomic E-state index is 0.287. The first kappa shape index (κ1) is 14.2. The summed E-state index contributed by atoms with van der Waals surface area (Å²) < 4.78 is 1.17. The SMILES string of the molecule is CCC(CC)CNC(CN)c1sccc1Br. The van der Waals surface area contributed by atoms with Gasteiger partial charge in [0.15, 0.2) is 0 Å². The molecule has 0 aliphatic heterocycles. The molecule has 0 saturated carbocycles. The molecule has 92 valence electrons. The number of rotatable bonds is 7. The van der Waals surface area contributed by atoms with Crippen LogP contribution < -0.4 is 11.1 Å². The third-order valence-corrected chi connectivity index (χ3v) is 4.99. The second-order valence-electron chi connectivity index (χ2n) is 4.01. The van der Waals surface area contributed by atoms with Crippen molar-refractivity contribution in [3.63, 3.8) is 0 Å². The molecule has 1 aromatic heterocycles. The van der Waals surface area contributed by atoms with Crippen molar-refractivity contribution < 1.29 is 0 Å². The van der Waals surface area contributed by atoms with Gasteiger partial charge in [0.1, 0.15) is 0 Å². The van der Waals surface area contributed by atoms with Gasteiger partial charge in [0.25, 0.3) is 0 Å². The largest absolute Gasteiger partial charge is 0.329 e. The van der Waals surface area contributed by atoms with Gasteiger partial charge in [-0.3, -0.25) is 0 Å². The average Bonchev–Trinajstić information content (AvgIpc) is 2.71. The van der Waals surface area contributed by atoms with Crippen molar-refractivity contribution in [3.05, 3.63) is 20.8 Å². The molecule has 0 aliphatic carbocycles. The lowest BCUT2D eigenvalue weighted by molar-refractivity contribution is 0.416. The molecule has 0 aliphatic rings. The van der Waals surface area contributed by atoms with Gasteiger partial charge < -0.3 is 11.1 Å². The van der Waals surface area contributed by atoms with E-state index in [1.807, 2.05) is 0 Å². The Morgan fingerprint density at radius 2 is 2.12 bits per heavy atom. The molecular weight excluding hydrogens is 284 g/mol. The van der Waals surface area contributed by atoms with Gasteiger partial charge in [-0.25, -0.2) is 0 Å². The number of hydrogen-bond donors (Lipinski definition) is 2. The fourth-order valence-corrected chi connectivity index (χ4v) is 3.46. The molecule has 1 aromatic rings. The van der Waals surface area contributed by atoms with Crippen LogP contribution in [0, 0.1) is 5.92 Å². The number of thiophene rings is 1. The molecule has 0 fully saturated rings. The van der Waals surface area contributed by atoms with Crippen LogP contribution >= 0.6 is 27.3 Å². The van der Waals surface area contributed by atoms with E-state index in [-0.39, 0.29) is 6.04 Å². The normalized spacial score (nSPS) is 13.3. The molecule has 0 amide bonds. The van der Waals surface area contributed by atoms with Crippen LogP contribution in [0.4, 0.5) is 0 Å². The van der Waals surface area contributed by atoms with Crippen LogP contribution in [-0.2, 0) is 0 Å². The second kappa shape index (κ2) is 7.43. The minimum Gasteiger partial charge on any atom is -0.329 e. The maximum absolute atomic E-state index is 5.83. The zero-order chi connectivity index (χ0) is 12.0. The highest BCUT2D eigenvalue weighted by atomic mass is 79.9. The smallest absolute Gasteiger partial charge is 0.0550 e. The van der Waals surface area contributed by atoms with E-state index in [0.29, 0.717) is 6.54 Å². The number of hydrogen-bond acceptors (Lipinski definition) is 3. The molecule has 4 heteroatoms. The Balaban J connectivity index is 2.53. The Labute approximate surface area is 111 Å². The average molecular weight is 305 g/mol. The molecule has 0 bridgehead atoms. The predicted molar refractivity (Wildman–Crippen MR) is 75.9 cm³/mol. The molecule has 1 atom stereocenters. The number of nitrogens with one attached hydrogen (secondary N) is 1. The molecule has 0 saturated heterocycles. The van der Waals surface area contributed by atoms with E-state index in [4.69, 9.17) is 5.73 Å². The molecule has 3 N–H and O–H groups in total. The lowest BCUT2D eigenvalue weighted by Gasteiger charge is -2.20. The summed E-state index contributed by atoms with van der Waals surface area (Å²) in [6, 6.07) is 2.37. The standard InChI is InChI=1S/C12H21BrN2S/c1-3-9(4-2)8-15-11(7-14)12-10(13)5-6-16-12/h5-6,9,11,15H,3-4,7-8,14H2,1-2H3. The fraction of sp³-hybridized carbons (Fsp3) is 0.667. The molecule has 2 nitrogen and oxygen atoms in total. The van der Waals surface area contributed by atoms with Crippen LogP contribution in [0.3, 0.4) is 0 Å². The van der Waals surface area contributed by atoms with Crippen molar-refractivity contribution in [2.75, 3.05) is 13.1 Å². The highest BCUT2D eigenvalue weighted by Gasteiger charge is 2.15. The van der Waals surface area contributed by atoms with Gasteiger partial charge in [-0.1, -0.05) is 26.7 Å². The Bertz CT molecular complexity index is 297. The zero-order valence-electron chi connectivity index (χ0n) is 10.0. The highest BCUT2D eigenvalue weighted by molar-refractivity contribution is 9.10. The van der Waals surface area contributed by atoms with E-state index in [0.717, 1.165) is 12.5 Å². The van der Waals surface area contributed by atoms with Gasteiger partial charge >= 0.3 is 0 Å². The van der Waals surface area contributed by atoms with E-state index < -0.39 is 0 Å². The molecule has 0 aromatic carbocycles. The van der Waals surface area contributed by atoms with Gasteiger partial charge in [-0.2, -0.15) is 0 Å². The summed E-state index contributed by atoms with van der Waals surface area (Å²) in [7, 11) is 0. The summed E-state index contributed by atoms with van der Waals surface area (Å²) in [5.41, 5.74) is 5.83. The van der Waals surface area contributed by atoms with Gasteiger partial charge in [0, 0.05) is 15.9 Å². The summed E-state index contributed by atoms with van der Waals surface area (Å²) in [5.74, 6) is 0.757. The molecule has 0 radical (unpaired) electrons. The Kier molecular flexibility index (Phi) is 6.58. The van der Waals surface area contributed by atoms with Crippen LogP contribution in [0.25, 0.3) is 0 Å². The fourth-order valence-electron chi connectivity index (χ4n) is 1.72. The number of halogens is 1. The van der Waals surface area contributed by atoms with Gasteiger partial charge in [-0.05, 0) is 39.8 Å². The lowest BCUT2D eigenvalue weighted by atomic mass is 10.0. The van der Waals surface area contributed by atoms with E-state index in [1.54, 1.807) is 11.3 Å². The Morgan fingerprint density at radius 3 is 2.56 bits per heavy atom. The molecule has 0 spiro atoms. The first-order valence-electron chi connectivity index (χ1n) is 5.89. The van der Waals surface area contributed by atoms with E-state index in [2.05, 4.69) is 46.5 Å². The predicted octanol–water partition coefficient (Wildman–Crippen LogP) is 3.54. The Morgan fingerprint density at radius 1 is 1.44 bits per heavy atom. The van der Waals surface area contributed by atoms with Crippen molar-refractivity contribution in [3.8, 4) is 0 Å². The van der Waals surface area contributed by atoms with Crippen LogP contribution in [0.1, 0.15) is 37.6 Å². The van der Waals surface area contributed by atoms with E-state index in [1.165, 1.54) is 22.2 Å². The maximum Gasteiger partial charge on any atom is 0.0550 e. The first-order valence-corrected chi connectivity index (χ1v) is 7.56. The number of nitrogens with two attached hydrogens (primary N) is 1. The third-order valence-electron chi connectivity index (χ3n) is 3.00. The van der Waals surface area contributed by atoms with Crippen molar-refractivity contribution in [1.82, 2.24) is 5.32 Å². The monoisotopic (exact) mass is 304 g/mol. The van der Waals surface area contributed by atoms with E-state index >= 15 is 0 Å². The molecule has 1 rings (SSSR count). The molecule has 16 heavy (non-hydrogen) atoms. The van der Waals surface area contributed by atoms with Crippen LogP contribution in [0.2, 0.25) is 0 Å². The first-order chi connectivity index (χ1) is 7.72. The zero-order valence-corrected chi connectivity index (χ0v) is 12.4. The molecule has 1 unspecified atom stereocenters. The molecule has 1 heterocycles. The van der Waals surface area contributed by atoms with Gasteiger partial charge in [-0.15, -0.1) is 11.3 Å². The lowest BCUT2D eigenvalue weighted by Crippen LogP contribution is -2.31. The van der Waals surface area contributed by atoms with Crippen molar-refractivity contribution >= 4 is 27.3 Å². The molecular formula is C12H21BrN2S. The third kappa shape index (κ3) is 3.84. The summed E-state index contributed by atoms with van der Waals surface area (Å²) in [5, 5.41) is 5.67. The topological polar surface area (TPSA) is 38.0 Å². The van der Waals surface area contributed by atoms with Crippen LogP contribution in [-0.4, -0.2) is 13.1 Å². The Hall–Kier alpha value is 0.100. The van der Waals surface area contributed by atoms with Crippen molar-refractivity contribution in [2.45, 2.75) is 32.7 Å². The van der Waals surface area contributed by atoms with Crippen molar-refractivity contribution in [2.24, 2.45) is 11.7 Å². The highest BCUT2D eigenvalue weighted by Crippen LogP contribution is 2.28. The van der Waals surface area contributed by atoms with Gasteiger partial charge in [0.2, 0.25) is 0 Å². The summed E-state index contributed by atoms with van der Waals surface area (Å²) in [6.07, 6.45) is 2.46. The van der Waals surface area contributed by atoms with Crippen molar-refractivity contribution in [1.29, 1.82) is 0 Å². The van der Waals surface area contributed by atoms with Crippen LogP contribution in [0.15, 0.2) is 15.9 Å². The summed E-state index contributed by atoms with van der Waals surface area (Å²) >= 11 is 5.32. The summed E-state index contributed by atoms with van der Waals surface area (Å²) in [4.78, 5) is 1.31. The quantitative estimate of drug-likeness (QED) is 0.808. The van der Waals surface area contributed by atoms with E-state index in [9.17, 15) is 0 Å². The summed E-state index contributed by atoms with van der Waals surface area (Å²) in [6.45, 7) is 6.20. The maximum atomic E-state index is 5.83. The van der Waals surface area contributed by atoms with Crippen LogP contribution in [0.5, 0.6) is 0 Å². The second-order valence-corrected chi connectivity index (χ2v) is 5.81.